The van der Waals surface area contributed by atoms with E-state index in [2.05, 4.69) is 11.4 Å². The molecule has 3 rings (SSSR count). The lowest BCUT2D eigenvalue weighted by atomic mass is 9.78. The molecule has 32 heavy (non-hydrogen) atoms. The van der Waals surface area contributed by atoms with Crippen LogP contribution in [0.5, 0.6) is 5.75 Å². The van der Waals surface area contributed by atoms with Gasteiger partial charge in [-0.3, -0.25) is 14.4 Å². The molecule has 0 radical (unpaired) electrons. The van der Waals surface area contributed by atoms with E-state index >= 15 is 0 Å². The number of nitrogens with one attached hydrogen (secondary N) is 1. The molecule has 1 fully saturated rings. The summed E-state index contributed by atoms with van der Waals surface area (Å²) in [7, 11) is 1.19. The lowest BCUT2D eigenvalue weighted by Gasteiger charge is -2.31. The van der Waals surface area contributed by atoms with Crippen LogP contribution >= 0.6 is 23.4 Å². The first-order valence-electron chi connectivity index (χ1n) is 10.3. The summed E-state index contributed by atoms with van der Waals surface area (Å²) in [5.41, 5.74) is 0.684. The van der Waals surface area contributed by atoms with E-state index in [-0.39, 0.29) is 22.3 Å². The van der Waals surface area contributed by atoms with Crippen molar-refractivity contribution in [1.29, 1.82) is 5.26 Å². The minimum absolute atomic E-state index is 0.0534. The van der Waals surface area contributed by atoms with Gasteiger partial charge in [0.25, 0.3) is 0 Å². The van der Waals surface area contributed by atoms with Gasteiger partial charge in [-0.05, 0) is 37.5 Å². The standard InChI is InChI=1S/C22H24ClN3O5S/c1-3-31-16-7-6-13(10-15(16)23)18-14(11-24)21(25-20(28)19(18)22(29)30-2)32-12-17(27)26-8-4-5-9-26/h6-7,10,18-19H,3-5,8-9,12H2,1-2H3,(H,25,28)/t18-,19+/m0/s1. The molecule has 2 aliphatic rings. The van der Waals surface area contributed by atoms with E-state index in [9.17, 15) is 19.6 Å². The summed E-state index contributed by atoms with van der Waals surface area (Å²) in [6.07, 6.45) is 1.95. The Bertz CT molecular complexity index is 984. The van der Waals surface area contributed by atoms with Gasteiger partial charge in [0.1, 0.15) is 11.7 Å². The van der Waals surface area contributed by atoms with E-state index in [1.54, 1.807) is 23.1 Å². The fraction of sp³-hybridized carbons (Fsp3) is 0.455. The molecule has 170 valence electrons. The van der Waals surface area contributed by atoms with Crippen LogP contribution in [0.1, 0.15) is 31.2 Å². The van der Waals surface area contributed by atoms with Crippen LogP contribution in [0.25, 0.3) is 0 Å². The molecule has 1 aromatic rings. The van der Waals surface area contributed by atoms with Gasteiger partial charge < -0.3 is 19.7 Å². The minimum atomic E-state index is -1.26. The number of rotatable bonds is 7. The number of thioether (sulfide) groups is 1. The summed E-state index contributed by atoms with van der Waals surface area (Å²) >= 11 is 7.42. The largest absolute Gasteiger partial charge is 0.492 e. The zero-order valence-corrected chi connectivity index (χ0v) is 19.4. The number of methoxy groups -OCH3 is 1. The molecule has 8 nitrogen and oxygen atoms in total. The van der Waals surface area contributed by atoms with Crippen LogP contribution in [0.3, 0.4) is 0 Å². The second-order valence-electron chi connectivity index (χ2n) is 7.32. The van der Waals surface area contributed by atoms with Gasteiger partial charge in [0.05, 0.1) is 41.2 Å². The predicted molar refractivity (Wildman–Crippen MR) is 120 cm³/mol. The Balaban J connectivity index is 1.97. The highest BCUT2D eigenvalue weighted by molar-refractivity contribution is 8.03. The zero-order valence-electron chi connectivity index (χ0n) is 17.9. The minimum Gasteiger partial charge on any atom is -0.492 e. The molecule has 0 unspecified atom stereocenters. The van der Waals surface area contributed by atoms with Crippen LogP contribution in [0.2, 0.25) is 5.02 Å². The number of esters is 1. The van der Waals surface area contributed by atoms with Crippen molar-refractivity contribution in [3.05, 3.63) is 39.4 Å². The van der Waals surface area contributed by atoms with Crippen LogP contribution in [-0.4, -0.2) is 55.2 Å². The van der Waals surface area contributed by atoms with Gasteiger partial charge in [-0.25, -0.2) is 0 Å². The third kappa shape index (κ3) is 5.03. The average molecular weight is 478 g/mol. The average Bonchev–Trinajstić information content (AvgIpc) is 3.33. The van der Waals surface area contributed by atoms with E-state index < -0.39 is 23.7 Å². The number of ether oxygens (including phenoxy) is 2. The summed E-state index contributed by atoms with van der Waals surface area (Å²) in [6, 6.07) is 7.02. The van der Waals surface area contributed by atoms with Crippen molar-refractivity contribution in [3.8, 4) is 11.8 Å². The number of amides is 2. The normalized spacial score (nSPS) is 20.6. The molecule has 10 heteroatoms. The number of allylic oxidation sites excluding steroid dienone is 1. The van der Waals surface area contributed by atoms with E-state index in [4.69, 9.17) is 21.1 Å². The van der Waals surface area contributed by atoms with Crippen molar-refractivity contribution in [3.63, 3.8) is 0 Å². The molecule has 2 heterocycles. The number of benzene rings is 1. The van der Waals surface area contributed by atoms with E-state index in [1.807, 2.05) is 6.92 Å². The summed E-state index contributed by atoms with van der Waals surface area (Å²) in [5.74, 6) is -3.03. The Hall–Kier alpha value is -2.70. The fourth-order valence-electron chi connectivity index (χ4n) is 3.85. The van der Waals surface area contributed by atoms with Gasteiger partial charge in [0.2, 0.25) is 11.8 Å². The monoisotopic (exact) mass is 477 g/mol. The second-order valence-corrected chi connectivity index (χ2v) is 8.71. The zero-order chi connectivity index (χ0) is 23.3. The number of nitrogens with zero attached hydrogens (tertiary/aromatic N) is 2. The van der Waals surface area contributed by atoms with Crippen molar-refractivity contribution in [2.75, 3.05) is 32.6 Å². The Morgan fingerprint density at radius 2 is 2.06 bits per heavy atom. The quantitative estimate of drug-likeness (QED) is 0.475. The van der Waals surface area contributed by atoms with E-state index in [0.29, 0.717) is 36.0 Å². The van der Waals surface area contributed by atoms with Gasteiger partial charge in [-0.1, -0.05) is 29.4 Å². The van der Waals surface area contributed by atoms with Crippen molar-refractivity contribution < 1.29 is 23.9 Å². The number of carbonyl (C=O) groups is 3. The Kier molecular flexibility index (Phi) is 8.04. The van der Waals surface area contributed by atoms with Crippen LogP contribution in [0.4, 0.5) is 0 Å². The molecule has 1 saturated heterocycles. The molecule has 1 N–H and O–H groups in total. The number of likely N-dealkylation sites (tertiary alicyclic amines) is 1. The first-order valence-corrected chi connectivity index (χ1v) is 11.6. The van der Waals surface area contributed by atoms with Crippen molar-refractivity contribution >= 4 is 41.1 Å². The van der Waals surface area contributed by atoms with Crippen molar-refractivity contribution in [1.82, 2.24) is 10.2 Å². The predicted octanol–water partition coefficient (Wildman–Crippen LogP) is 2.83. The molecule has 2 amide bonds. The molecular weight excluding hydrogens is 454 g/mol. The maximum Gasteiger partial charge on any atom is 0.319 e. The SMILES string of the molecule is CCOc1ccc([C@H]2C(C#N)=C(SCC(=O)N3CCCC3)NC(=O)[C@@H]2C(=O)OC)cc1Cl. The van der Waals surface area contributed by atoms with Gasteiger partial charge in [-0.15, -0.1) is 0 Å². The highest BCUT2D eigenvalue weighted by Crippen LogP contribution is 2.42. The van der Waals surface area contributed by atoms with E-state index in [1.165, 1.54) is 7.11 Å². The van der Waals surface area contributed by atoms with Crippen LogP contribution in [-0.2, 0) is 19.1 Å². The Morgan fingerprint density at radius 1 is 1.34 bits per heavy atom. The van der Waals surface area contributed by atoms with Crippen molar-refractivity contribution in [2.45, 2.75) is 25.7 Å². The maximum atomic E-state index is 12.9. The summed E-state index contributed by atoms with van der Waals surface area (Å²) in [6.45, 7) is 3.68. The maximum absolute atomic E-state index is 12.9. The number of hydrogen-bond acceptors (Lipinski definition) is 7. The molecular formula is C22H24ClN3O5S. The summed E-state index contributed by atoms with van der Waals surface area (Å²) < 4.78 is 10.3. The molecule has 0 bridgehead atoms. The first kappa shape index (κ1) is 24.0. The molecule has 0 saturated carbocycles. The van der Waals surface area contributed by atoms with E-state index in [0.717, 1.165) is 24.6 Å². The lowest BCUT2D eigenvalue weighted by Crippen LogP contribution is -2.44. The van der Waals surface area contributed by atoms with Gasteiger partial charge in [-0.2, -0.15) is 5.26 Å². The van der Waals surface area contributed by atoms with Crippen molar-refractivity contribution in [2.24, 2.45) is 5.92 Å². The molecule has 0 spiro atoms. The molecule has 1 aromatic carbocycles. The molecule has 0 aliphatic carbocycles. The second kappa shape index (κ2) is 10.7. The third-order valence-corrected chi connectivity index (χ3v) is 6.69. The van der Waals surface area contributed by atoms with Gasteiger partial charge in [0, 0.05) is 19.0 Å². The molecule has 2 atom stereocenters. The number of halogens is 1. The first-order chi connectivity index (χ1) is 15.4. The van der Waals surface area contributed by atoms with Gasteiger partial charge in [0.15, 0.2) is 0 Å². The number of hydrogen-bond donors (Lipinski definition) is 1. The molecule has 2 aliphatic heterocycles. The smallest absolute Gasteiger partial charge is 0.319 e. The highest BCUT2D eigenvalue weighted by atomic mass is 35.5. The lowest BCUT2D eigenvalue weighted by molar-refractivity contribution is -0.150. The fourth-order valence-corrected chi connectivity index (χ4v) is 5.05. The third-order valence-electron chi connectivity index (χ3n) is 5.40. The van der Waals surface area contributed by atoms with Crippen LogP contribution in [0, 0.1) is 17.2 Å². The Labute approximate surface area is 195 Å². The summed E-state index contributed by atoms with van der Waals surface area (Å²) in [4.78, 5) is 39.6. The van der Waals surface area contributed by atoms with Crippen LogP contribution in [0.15, 0.2) is 28.8 Å². The number of nitriles is 1. The summed E-state index contributed by atoms with van der Waals surface area (Å²) in [5, 5.41) is 13.2. The topological polar surface area (TPSA) is 109 Å². The number of carbonyl (C=O) groups excluding carboxylic acids is 3. The Morgan fingerprint density at radius 3 is 2.66 bits per heavy atom. The van der Waals surface area contributed by atoms with Gasteiger partial charge >= 0.3 is 5.97 Å². The highest BCUT2D eigenvalue weighted by Gasteiger charge is 2.44. The molecule has 0 aromatic heterocycles. The van der Waals surface area contributed by atoms with Crippen LogP contribution < -0.4 is 10.1 Å².